The van der Waals surface area contributed by atoms with Gasteiger partial charge in [-0.15, -0.1) is 0 Å². The molecule has 0 saturated carbocycles. The summed E-state index contributed by atoms with van der Waals surface area (Å²) >= 11 is 6.08. The Morgan fingerprint density at radius 2 is 1.98 bits per heavy atom. The van der Waals surface area contributed by atoms with Crippen LogP contribution in [0.25, 0.3) is 22.4 Å². The molecular formula is C31H37ClN6O4. The molecule has 2 aromatic heterocycles. The van der Waals surface area contributed by atoms with E-state index in [1.165, 1.54) is 0 Å². The molecule has 11 heteroatoms. The summed E-state index contributed by atoms with van der Waals surface area (Å²) in [5.74, 6) is 0.437. The third kappa shape index (κ3) is 6.88. The molecular weight excluding hydrogens is 556 g/mol. The van der Waals surface area contributed by atoms with Gasteiger partial charge in [-0.25, -0.2) is 9.78 Å². The first kappa shape index (κ1) is 29.5. The zero-order valence-corrected chi connectivity index (χ0v) is 25.0. The van der Waals surface area contributed by atoms with Gasteiger partial charge in [-0.3, -0.25) is 4.79 Å². The number of nitrogens with zero attached hydrogens (tertiary/aromatic N) is 2. The maximum Gasteiger partial charge on any atom is 0.407 e. The van der Waals surface area contributed by atoms with Crippen LogP contribution in [0.1, 0.15) is 50.8 Å². The number of aromatic nitrogens is 3. The van der Waals surface area contributed by atoms with Gasteiger partial charge in [0, 0.05) is 42.6 Å². The molecule has 0 spiro atoms. The van der Waals surface area contributed by atoms with Crippen molar-refractivity contribution in [3.05, 3.63) is 75.2 Å². The van der Waals surface area contributed by atoms with E-state index in [4.69, 9.17) is 21.3 Å². The molecule has 1 aliphatic rings. The molecule has 4 aromatic rings. The number of aromatic amines is 2. The van der Waals surface area contributed by atoms with Crippen molar-refractivity contribution in [3.8, 4) is 11.4 Å². The van der Waals surface area contributed by atoms with Crippen molar-refractivity contribution in [1.29, 1.82) is 0 Å². The Balaban J connectivity index is 1.32. The molecule has 3 heterocycles. The third-order valence-electron chi connectivity index (χ3n) is 7.26. The second kappa shape index (κ2) is 12.1. The average molecular weight is 593 g/mol. The molecule has 1 amide bonds. The van der Waals surface area contributed by atoms with Crippen molar-refractivity contribution in [2.45, 2.75) is 58.3 Å². The summed E-state index contributed by atoms with van der Waals surface area (Å²) in [6.07, 6.45) is 1.97. The monoisotopic (exact) mass is 592 g/mol. The lowest BCUT2D eigenvalue weighted by atomic mass is 10.0. The van der Waals surface area contributed by atoms with Gasteiger partial charge in [0.2, 0.25) is 0 Å². The number of hydrogen-bond donors (Lipinski definition) is 5. The first-order valence-corrected chi connectivity index (χ1v) is 14.5. The van der Waals surface area contributed by atoms with Gasteiger partial charge in [0.1, 0.15) is 17.0 Å². The number of halogens is 1. The molecule has 0 radical (unpaired) electrons. The maximum atomic E-state index is 13.0. The van der Waals surface area contributed by atoms with Gasteiger partial charge in [-0.2, -0.15) is 0 Å². The van der Waals surface area contributed by atoms with Crippen LogP contribution in [0.4, 0.5) is 16.2 Å². The van der Waals surface area contributed by atoms with Crippen LogP contribution in [0.5, 0.6) is 0 Å². The summed E-state index contributed by atoms with van der Waals surface area (Å²) in [6.45, 7) is 9.32. The van der Waals surface area contributed by atoms with Crippen LogP contribution in [0.2, 0.25) is 5.02 Å². The van der Waals surface area contributed by atoms with Crippen LogP contribution < -0.4 is 21.1 Å². The number of pyridine rings is 1. The summed E-state index contributed by atoms with van der Waals surface area (Å²) in [5.41, 5.74) is 4.41. The lowest BCUT2D eigenvalue weighted by molar-refractivity contribution is 0.0497. The minimum absolute atomic E-state index is 0.0628. The average Bonchev–Trinajstić information content (AvgIpc) is 3.35. The van der Waals surface area contributed by atoms with E-state index in [0.29, 0.717) is 27.7 Å². The number of ether oxygens (including phenoxy) is 1. The van der Waals surface area contributed by atoms with Crippen LogP contribution in [0, 0.1) is 6.92 Å². The molecule has 1 aliphatic heterocycles. The molecule has 42 heavy (non-hydrogen) atoms. The Kier molecular flexibility index (Phi) is 8.47. The number of nitrogens with one attached hydrogen (secondary N) is 4. The Labute approximate surface area is 249 Å². The van der Waals surface area contributed by atoms with Crippen molar-refractivity contribution in [3.63, 3.8) is 0 Å². The highest BCUT2D eigenvalue weighted by atomic mass is 35.5. The number of carbonyl (C=O) groups is 1. The lowest BCUT2D eigenvalue weighted by Crippen LogP contribution is -2.46. The number of H-pyrrole nitrogens is 2. The molecule has 0 aliphatic carbocycles. The zero-order valence-electron chi connectivity index (χ0n) is 24.3. The van der Waals surface area contributed by atoms with E-state index in [1.54, 1.807) is 36.5 Å². The van der Waals surface area contributed by atoms with Crippen LogP contribution in [0.3, 0.4) is 0 Å². The molecule has 1 fully saturated rings. The largest absolute Gasteiger partial charge is 0.444 e. The number of alkyl carbamates (subject to hydrolysis) is 1. The Hall–Kier alpha value is -4.02. The van der Waals surface area contributed by atoms with Crippen molar-refractivity contribution < 1.29 is 14.6 Å². The number of aliphatic hydroxyl groups is 1. The number of piperidine rings is 1. The second-order valence-corrected chi connectivity index (χ2v) is 12.1. The van der Waals surface area contributed by atoms with Crippen molar-refractivity contribution in [1.82, 2.24) is 20.3 Å². The van der Waals surface area contributed by atoms with Crippen LogP contribution in [-0.4, -0.2) is 57.4 Å². The van der Waals surface area contributed by atoms with E-state index < -0.39 is 11.7 Å². The number of aryl methyl sites for hydroxylation is 1. The minimum Gasteiger partial charge on any atom is -0.444 e. The summed E-state index contributed by atoms with van der Waals surface area (Å²) in [5, 5.41) is 17.4. The Morgan fingerprint density at radius 1 is 1.21 bits per heavy atom. The molecule has 5 rings (SSSR count). The highest BCUT2D eigenvalue weighted by Crippen LogP contribution is 2.31. The van der Waals surface area contributed by atoms with Gasteiger partial charge in [0.25, 0.3) is 5.56 Å². The van der Waals surface area contributed by atoms with E-state index in [0.717, 1.165) is 48.2 Å². The van der Waals surface area contributed by atoms with E-state index in [1.807, 2.05) is 33.8 Å². The smallest absolute Gasteiger partial charge is 0.407 e. The fourth-order valence-electron chi connectivity index (χ4n) is 5.23. The first-order chi connectivity index (χ1) is 20.0. The standard InChI is InChI=1S/C31H37ClN6O4/c1-18-14-22(38-12-9-21(10-13-38)35-30(41)42-31(2,3)4)16-24-27(18)37-28(36-24)26-23(8-11-33-29(26)40)34-17-25(39)19-6-5-7-20(32)15-19/h5-8,11,14-16,21,25,39H,9-10,12-13,17H2,1-4H3,(H,35,41)(H,36,37)(H2,33,34,40)/t25-/m1/s1. The Morgan fingerprint density at radius 3 is 2.69 bits per heavy atom. The molecule has 0 bridgehead atoms. The molecule has 1 atom stereocenters. The number of imidazole rings is 1. The normalized spacial score (nSPS) is 15.0. The molecule has 222 valence electrons. The van der Waals surface area contributed by atoms with Crippen LogP contribution in [-0.2, 0) is 4.74 Å². The van der Waals surface area contributed by atoms with Crippen LogP contribution in [0.15, 0.2) is 53.5 Å². The topological polar surface area (TPSA) is 135 Å². The fourth-order valence-corrected chi connectivity index (χ4v) is 5.43. The highest BCUT2D eigenvalue weighted by molar-refractivity contribution is 6.30. The van der Waals surface area contributed by atoms with Gasteiger partial charge in [0.15, 0.2) is 0 Å². The number of amides is 1. The summed E-state index contributed by atoms with van der Waals surface area (Å²) < 4.78 is 5.40. The van der Waals surface area contributed by atoms with Gasteiger partial charge in [-0.1, -0.05) is 23.7 Å². The maximum absolute atomic E-state index is 13.0. The molecule has 0 unspecified atom stereocenters. The number of rotatable bonds is 7. The van der Waals surface area contributed by atoms with E-state index >= 15 is 0 Å². The fraction of sp³-hybridized carbons (Fsp3) is 0.387. The number of benzene rings is 2. The summed E-state index contributed by atoms with van der Waals surface area (Å²) in [4.78, 5) is 38.3. The Bertz CT molecular complexity index is 1630. The molecule has 10 nitrogen and oxygen atoms in total. The SMILES string of the molecule is Cc1cc(N2CCC(NC(=O)OC(C)(C)C)CC2)cc2[nH]c(-c3c(NC[C@@H](O)c4cccc(Cl)c4)cc[nH]c3=O)nc12. The number of carbonyl (C=O) groups excluding carboxylic acids is 1. The van der Waals surface area contributed by atoms with Gasteiger partial charge < -0.3 is 35.3 Å². The van der Waals surface area contributed by atoms with Crippen LogP contribution >= 0.6 is 11.6 Å². The van der Waals surface area contributed by atoms with Crippen molar-refractivity contribution >= 4 is 40.1 Å². The van der Waals surface area contributed by atoms with E-state index in [2.05, 4.69) is 31.6 Å². The van der Waals surface area contributed by atoms with E-state index in [9.17, 15) is 14.7 Å². The zero-order chi connectivity index (χ0) is 30.0. The first-order valence-electron chi connectivity index (χ1n) is 14.1. The lowest BCUT2D eigenvalue weighted by Gasteiger charge is -2.34. The quantitative estimate of drug-likeness (QED) is 0.191. The number of fused-ring (bicyclic) bond motifs is 1. The number of anilines is 2. The minimum atomic E-state index is -0.820. The van der Waals surface area contributed by atoms with Gasteiger partial charge in [-0.05, 0) is 82.0 Å². The second-order valence-electron chi connectivity index (χ2n) is 11.7. The number of hydrogen-bond acceptors (Lipinski definition) is 7. The van der Waals surface area contributed by atoms with Crippen molar-refractivity contribution in [2.24, 2.45) is 0 Å². The molecule has 2 aromatic carbocycles. The molecule has 1 saturated heterocycles. The van der Waals surface area contributed by atoms with Crippen molar-refractivity contribution in [2.75, 3.05) is 29.9 Å². The summed E-state index contributed by atoms with van der Waals surface area (Å²) in [6, 6.07) is 13.0. The highest BCUT2D eigenvalue weighted by Gasteiger charge is 2.25. The third-order valence-corrected chi connectivity index (χ3v) is 7.49. The van der Waals surface area contributed by atoms with Gasteiger partial charge in [0.05, 0.1) is 22.8 Å². The van der Waals surface area contributed by atoms with Gasteiger partial charge >= 0.3 is 6.09 Å². The predicted molar refractivity (Wildman–Crippen MR) is 166 cm³/mol. The molecule has 5 N–H and O–H groups in total. The number of aliphatic hydroxyl groups excluding tert-OH is 1. The van der Waals surface area contributed by atoms with E-state index in [-0.39, 0.29) is 24.2 Å². The summed E-state index contributed by atoms with van der Waals surface area (Å²) in [7, 11) is 0. The predicted octanol–water partition coefficient (Wildman–Crippen LogP) is 5.52.